The van der Waals surface area contributed by atoms with E-state index in [4.69, 9.17) is 13.6 Å². The van der Waals surface area contributed by atoms with Crippen LogP contribution in [0.2, 0.25) is 0 Å². The minimum atomic E-state index is -2.32. The molecule has 1 saturated heterocycles. The van der Waals surface area contributed by atoms with Gasteiger partial charge in [0, 0.05) is 37.0 Å². The molecule has 108 valence electrons. The van der Waals surface area contributed by atoms with Gasteiger partial charge in [-0.15, -0.1) is 11.3 Å². The normalized spacial score (nSPS) is 17.8. The molecule has 6 heteroatoms. The summed E-state index contributed by atoms with van der Waals surface area (Å²) in [4.78, 5) is 2.42. The first kappa shape index (κ1) is 15.2. The van der Waals surface area contributed by atoms with Crippen LogP contribution in [-0.4, -0.2) is 59.1 Å². The molecule has 19 heavy (non-hydrogen) atoms. The molecule has 4 nitrogen and oxygen atoms in total. The molecule has 1 aromatic heterocycles. The fraction of sp³-hybridized carbons (Fsp3) is 0.692. The Balaban J connectivity index is 2.15. The van der Waals surface area contributed by atoms with Gasteiger partial charge in [-0.05, 0) is 25.3 Å². The third-order valence-corrected chi connectivity index (χ3v) is 8.45. The largest absolute Gasteiger partial charge is 0.397 e. The molecule has 0 aliphatic carbocycles. The Labute approximate surface area is 120 Å². The fourth-order valence-corrected chi connectivity index (χ4v) is 7.19. The van der Waals surface area contributed by atoms with Gasteiger partial charge in [0.2, 0.25) is 0 Å². The lowest BCUT2D eigenvalue weighted by Gasteiger charge is -2.35. The quantitative estimate of drug-likeness (QED) is 0.711. The van der Waals surface area contributed by atoms with Crippen molar-refractivity contribution in [3.8, 4) is 0 Å². The molecule has 0 amide bonds. The van der Waals surface area contributed by atoms with Crippen LogP contribution in [0.5, 0.6) is 0 Å². The van der Waals surface area contributed by atoms with Crippen molar-refractivity contribution < 1.29 is 13.6 Å². The number of hydrogen-bond acceptors (Lipinski definition) is 5. The molecule has 0 N–H and O–H groups in total. The molecule has 2 rings (SSSR count). The average molecular weight is 301 g/mol. The van der Waals surface area contributed by atoms with Crippen molar-refractivity contribution in [2.45, 2.75) is 13.8 Å². The molecule has 1 aliphatic rings. The molecule has 0 radical (unpaired) electrons. The highest BCUT2D eigenvalue weighted by Gasteiger charge is 2.42. The average Bonchev–Trinajstić information content (AvgIpc) is 2.95. The van der Waals surface area contributed by atoms with Gasteiger partial charge in [0.05, 0.1) is 13.2 Å². The van der Waals surface area contributed by atoms with Crippen molar-refractivity contribution in [3.63, 3.8) is 0 Å². The minimum absolute atomic E-state index is 0.703. The number of morpholine rings is 1. The van der Waals surface area contributed by atoms with E-state index in [0.29, 0.717) is 13.2 Å². The van der Waals surface area contributed by atoms with Crippen molar-refractivity contribution in [2.75, 3.05) is 45.7 Å². The lowest BCUT2D eigenvalue weighted by Crippen LogP contribution is -2.61. The molecule has 0 unspecified atom stereocenters. The first-order valence-corrected chi connectivity index (χ1v) is 9.83. The van der Waals surface area contributed by atoms with Gasteiger partial charge < -0.3 is 13.6 Å². The van der Waals surface area contributed by atoms with Crippen molar-refractivity contribution in [1.29, 1.82) is 0 Å². The van der Waals surface area contributed by atoms with Crippen molar-refractivity contribution in [2.24, 2.45) is 0 Å². The Hall–Kier alpha value is -0.243. The van der Waals surface area contributed by atoms with E-state index in [1.54, 1.807) is 11.3 Å². The zero-order valence-corrected chi connectivity index (χ0v) is 13.6. The van der Waals surface area contributed by atoms with E-state index in [-0.39, 0.29) is 0 Å². The number of ether oxygens (including phenoxy) is 1. The van der Waals surface area contributed by atoms with Crippen LogP contribution in [0.15, 0.2) is 17.5 Å². The van der Waals surface area contributed by atoms with E-state index in [9.17, 15) is 0 Å². The van der Waals surface area contributed by atoms with Gasteiger partial charge in [-0.2, -0.15) is 0 Å². The van der Waals surface area contributed by atoms with Crippen LogP contribution in [0.1, 0.15) is 13.8 Å². The third kappa shape index (κ3) is 3.87. The second kappa shape index (κ2) is 7.52. The smallest absolute Gasteiger partial charge is 0.390 e. The molecule has 1 fully saturated rings. The SMILES string of the molecule is CCO[Si](CN1CCOCC1)(OCC)c1cccs1. The lowest BCUT2D eigenvalue weighted by atomic mass is 10.5. The summed E-state index contributed by atoms with van der Waals surface area (Å²) in [5.41, 5.74) is 0. The molecule has 2 heterocycles. The summed E-state index contributed by atoms with van der Waals surface area (Å²) in [5, 5.41) is 2.11. The zero-order chi connectivity index (χ0) is 13.6. The summed E-state index contributed by atoms with van der Waals surface area (Å²) in [6, 6.07) is 4.24. The topological polar surface area (TPSA) is 30.9 Å². The monoisotopic (exact) mass is 301 g/mol. The summed E-state index contributed by atoms with van der Waals surface area (Å²) in [6.45, 7) is 9.07. The highest BCUT2D eigenvalue weighted by atomic mass is 32.1. The number of rotatable bonds is 7. The van der Waals surface area contributed by atoms with Crippen LogP contribution in [-0.2, 0) is 13.6 Å². The van der Waals surface area contributed by atoms with Crippen LogP contribution in [0.3, 0.4) is 0 Å². The Morgan fingerprint density at radius 3 is 2.47 bits per heavy atom. The number of thiophene rings is 1. The van der Waals surface area contributed by atoms with Crippen molar-refractivity contribution in [3.05, 3.63) is 17.5 Å². The summed E-state index contributed by atoms with van der Waals surface area (Å²) in [7, 11) is -2.32. The van der Waals surface area contributed by atoms with Crippen molar-refractivity contribution in [1.82, 2.24) is 4.90 Å². The number of hydrogen-bond donors (Lipinski definition) is 0. The summed E-state index contributed by atoms with van der Waals surface area (Å²) >= 11 is 1.75. The van der Waals surface area contributed by atoms with Gasteiger partial charge in [-0.1, -0.05) is 6.07 Å². The Morgan fingerprint density at radius 2 is 1.95 bits per heavy atom. The van der Waals surface area contributed by atoms with E-state index in [0.717, 1.165) is 32.5 Å². The minimum Gasteiger partial charge on any atom is -0.390 e. The maximum absolute atomic E-state index is 6.16. The Kier molecular flexibility index (Phi) is 5.99. The molecule has 0 spiro atoms. The molecule has 1 aliphatic heterocycles. The van der Waals surface area contributed by atoms with E-state index in [2.05, 4.69) is 22.4 Å². The van der Waals surface area contributed by atoms with Crippen LogP contribution in [0.25, 0.3) is 0 Å². The van der Waals surface area contributed by atoms with Gasteiger partial charge >= 0.3 is 8.56 Å². The van der Waals surface area contributed by atoms with Gasteiger partial charge in [0.1, 0.15) is 0 Å². The van der Waals surface area contributed by atoms with E-state index < -0.39 is 8.56 Å². The molecule has 0 atom stereocenters. The second-order valence-electron chi connectivity index (χ2n) is 4.48. The van der Waals surface area contributed by atoms with Gasteiger partial charge in [0.15, 0.2) is 0 Å². The summed E-state index contributed by atoms with van der Waals surface area (Å²) in [5.74, 6) is 0. The second-order valence-corrected chi connectivity index (χ2v) is 8.73. The predicted octanol–water partition coefficient (Wildman–Crippen LogP) is 1.34. The molecule has 0 aromatic carbocycles. The predicted molar refractivity (Wildman–Crippen MR) is 80.2 cm³/mol. The molecule has 1 aromatic rings. The highest BCUT2D eigenvalue weighted by molar-refractivity contribution is 7.23. The zero-order valence-electron chi connectivity index (χ0n) is 11.8. The molecular formula is C13H23NO3SSi. The van der Waals surface area contributed by atoms with Gasteiger partial charge in [-0.3, -0.25) is 4.90 Å². The first-order chi connectivity index (χ1) is 9.30. The standard InChI is InChI=1S/C13H23NO3SSi/c1-3-16-19(17-4-2,13-6-5-11-18-13)12-14-7-9-15-10-8-14/h5-6,11H,3-4,7-10,12H2,1-2H3. The van der Waals surface area contributed by atoms with Crippen molar-refractivity contribution >= 4 is 24.4 Å². The maximum atomic E-state index is 6.16. The number of nitrogens with zero attached hydrogens (tertiary/aromatic N) is 1. The van der Waals surface area contributed by atoms with E-state index >= 15 is 0 Å². The van der Waals surface area contributed by atoms with E-state index in [1.165, 1.54) is 4.50 Å². The first-order valence-electron chi connectivity index (χ1n) is 6.92. The lowest BCUT2D eigenvalue weighted by molar-refractivity contribution is 0.0390. The summed E-state index contributed by atoms with van der Waals surface area (Å²) < 4.78 is 19.0. The fourth-order valence-electron chi connectivity index (χ4n) is 2.37. The molecular weight excluding hydrogens is 278 g/mol. The third-order valence-electron chi connectivity index (χ3n) is 3.19. The highest BCUT2D eigenvalue weighted by Crippen LogP contribution is 2.15. The Bertz CT molecular complexity index is 349. The van der Waals surface area contributed by atoms with Gasteiger partial charge in [-0.25, -0.2) is 0 Å². The van der Waals surface area contributed by atoms with Crippen LogP contribution in [0.4, 0.5) is 0 Å². The Morgan fingerprint density at radius 1 is 1.26 bits per heavy atom. The molecule has 0 saturated carbocycles. The molecule has 0 bridgehead atoms. The maximum Gasteiger partial charge on any atom is 0.397 e. The summed E-state index contributed by atoms with van der Waals surface area (Å²) in [6.07, 6.45) is 0.901. The van der Waals surface area contributed by atoms with Gasteiger partial charge in [0.25, 0.3) is 0 Å². The van der Waals surface area contributed by atoms with Crippen LogP contribution >= 0.6 is 11.3 Å². The van der Waals surface area contributed by atoms with Crippen LogP contribution < -0.4 is 4.50 Å². The van der Waals surface area contributed by atoms with Crippen LogP contribution in [0, 0.1) is 0 Å². The van der Waals surface area contributed by atoms with E-state index in [1.807, 2.05) is 13.8 Å².